The summed E-state index contributed by atoms with van der Waals surface area (Å²) in [6.45, 7) is 4.82. The van der Waals surface area contributed by atoms with Gasteiger partial charge in [0.1, 0.15) is 12.4 Å². The maximum atomic E-state index is 13.4. The Hall–Kier alpha value is -4.27. The fourth-order valence-electron chi connectivity index (χ4n) is 4.90. The smallest absolute Gasteiger partial charge is 0.255 e. The van der Waals surface area contributed by atoms with Gasteiger partial charge in [0.2, 0.25) is 5.75 Å². The monoisotopic (exact) mass is 542 g/mol. The van der Waals surface area contributed by atoms with Gasteiger partial charge < -0.3 is 29.0 Å². The third-order valence-corrected chi connectivity index (χ3v) is 7.02. The van der Waals surface area contributed by atoms with Gasteiger partial charge in [-0.25, -0.2) is 0 Å². The van der Waals surface area contributed by atoms with E-state index in [-0.39, 0.29) is 5.91 Å². The van der Waals surface area contributed by atoms with Crippen LogP contribution in [0.5, 0.6) is 23.0 Å². The summed E-state index contributed by atoms with van der Waals surface area (Å²) in [5.41, 5.74) is 2.94. The van der Waals surface area contributed by atoms with Crippen molar-refractivity contribution in [2.45, 2.75) is 0 Å². The van der Waals surface area contributed by atoms with Crippen molar-refractivity contribution in [1.82, 2.24) is 4.90 Å². The Labute approximate surface area is 234 Å². The molecule has 40 heavy (non-hydrogen) atoms. The standard InChI is InChI=1S/C32H34N2O6/c1-36-29-20-24(21-30(37-2)31(29)38-3)22-7-6-8-23(19-22)32(35)33-27-11-12-28(26-10-5-4-9-25(26)27)40-18-15-34-13-16-39-17-14-34/h4-12,19-21H,13-18H2,1-3H3,(H,33,35). The number of amides is 1. The first-order valence-electron chi connectivity index (χ1n) is 13.3. The SMILES string of the molecule is COc1cc(-c2cccc(C(=O)Nc3ccc(OCCN4CCOCC4)c4ccccc34)c2)cc(OC)c1OC. The van der Waals surface area contributed by atoms with E-state index in [0.29, 0.717) is 29.4 Å². The highest BCUT2D eigenvalue weighted by Crippen LogP contribution is 2.41. The number of nitrogens with one attached hydrogen (secondary N) is 1. The highest BCUT2D eigenvalue weighted by molar-refractivity contribution is 6.10. The number of anilines is 1. The highest BCUT2D eigenvalue weighted by Gasteiger charge is 2.16. The Morgan fingerprint density at radius 1 is 0.800 bits per heavy atom. The number of carbonyl (C=O) groups is 1. The van der Waals surface area contributed by atoms with Crippen LogP contribution in [0.4, 0.5) is 5.69 Å². The minimum absolute atomic E-state index is 0.208. The molecular formula is C32H34N2O6. The molecule has 0 bridgehead atoms. The third kappa shape index (κ3) is 5.98. The number of carbonyl (C=O) groups excluding carboxylic acids is 1. The minimum atomic E-state index is -0.208. The molecule has 1 fully saturated rings. The van der Waals surface area contributed by atoms with Gasteiger partial charge >= 0.3 is 0 Å². The first-order valence-corrected chi connectivity index (χ1v) is 13.3. The van der Waals surface area contributed by atoms with Crippen LogP contribution in [0.3, 0.4) is 0 Å². The van der Waals surface area contributed by atoms with Crippen LogP contribution in [0.1, 0.15) is 10.4 Å². The number of hydrogen-bond acceptors (Lipinski definition) is 7. The van der Waals surface area contributed by atoms with E-state index in [1.807, 2.05) is 66.7 Å². The van der Waals surface area contributed by atoms with Crippen LogP contribution >= 0.6 is 0 Å². The molecule has 0 atom stereocenters. The Balaban J connectivity index is 1.35. The number of methoxy groups -OCH3 is 3. The molecule has 1 saturated heterocycles. The van der Waals surface area contributed by atoms with Crippen LogP contribution in [0.25, 0.3) is 21.9 Å². The van der Waals surface area contributed by atoms with E-state index in [1.165, 1.54) is 0 Å². The molecule has 0 unspecified atom stereocenters. The molecule has 1 aliphatic rings. The molecule has 0 saturated carbocycles. The molecule has 1 amide bonds. The molecule has 4 aromatic carbocycles. The van der Waals surface area contributed by atoms with Crippen LogP contribution in [0.15, 0.2) is 72.8 Å². The summed E-state index contributed by atoms with van der Waals surface area (Å²) in [7, 11) is 4.73. The van der Waals surface area contributed by atoms with Crippen molar-refractivity contribution in [1.29, 1.82) is 0 Å². The zero-order chi connectivity index (χ0) is 27.9. The number of morpholine rings is 1. The molecule has 8 heteroatoms. The van der Waals surface area contributed by atoms with Crippen molar-refractivity contribution >= 4 is 22.4 Å². The second-order valence-corrected chi connectivity index (χ2v) is 9.41. The number of fused-ring (bicyclic) bond motifs is 1. The lowest BCUT2D eigenvalue weighted by Gasteiger charge is -2.26. The number of ether oxygens (including phenoxy) is 5. The summed E-state index contributed by atoms with van der Waals surface area (Å²) in [5, 5.41) is 4.96. The van der Waals surface area contributed by atoms with E-state index in [9.17, 15) is 4.79 Å². The van der Waals surface area contributed by atoms with Gasteiger partial charge in [0.15, 0.2) is 11.5 Å². The predicted octanol–water partition coefficient (Wildman–Crippen LogP) is 5.50. The van der Waals surface area contributed by atoms with Gasteiger partial charge in [0.05, 0.1) is 34.5 Å². The molecule has 0 aromatic heterocycles. The van der Waals surface area contributed by atoms with Crippen molar-refractivity contribution in [2.75, 3.05) is 66.1 Å². The van der Waals surface area contributed by atoms with Crippen LogP contribution in [0.2, 0.25) is 0 Å². The topological polar surface area (TPSA) is 78.5 Å². The van der Waals surface area contributed by atoms with Gasteiger partial charge in [0, 0.05) is 41.7 Å². The second kappa shape index (κ2) is 12.7. The fourth-order valence-corrected chi connectivity index (χ4v) is 4.90. The van der Waals surface area contributed by atoms with Gasteiger partial charge in [-0.05, 0) is 47.5 Å². The van der Waals surface area contributed by atoms with Crippen molar-refractivity contribution in [3.8, 4) is 34.1 Å². The second-order valence-electron chi connectivity index (χ2n) is 9.41. The third-order valence-electron chi connectivity index (χ3n) is 7.02. The summed E-state index contributed by atoms with van der Waals surface area (Å²) >= 11 is 0. The van der Waals surface area contributed by atoms with Crippen molar-refractivity contribution in [3.05, 3.63) is 78.4 Å². The van der Waals surface area contributed by atoms with Gasteiger partial charge in [-0.1, -0.05) is 36.4 Å². The summed E-state index contributed by atoms with van der Waals surface area (Å²) < 4.78 is 28.0. The molecule has 4 aromatic rings. The number of hydrogen-bond donors (Lipinski definition) is 1. The lowest BCUT2D eigenvalue weighted by Crippen LogP contribution is -2.38. The van der Waals surface area contributed by atoms with Gasteiger partial charge in [-0.15, -0.1) is 0 Å². The summed E-state index contributed by atoms with van der Waals surface area (Å²) in [4.78, 5) is 15.7. The lowest BCUT2D eigenvalue weighted by molar-refractivity contribution is 0.0323. The van der Waals surface area contributed by atoms with Gasteiger partial charge in [0.25, 0.3) is 5.91 Å². The van der Waals surface area contributed by atoms with E-state index >= 15 is 0 Å². The molecule has 208 valence electrons. The van der Waals surface area contributed by atoms with Gasteiger partial charge in [-0.3, -0.25) is 9.69 Å². The fraction of sp³-hybridized carbons (Fsp3) is 0.281. The maximum absolute atomic E-state index is 13.4. The van der Waals surface area contributed by atoms with Crippen LogP contribution in [-0.2, 0) is 4.74 Å². The zero-order valence-electron chi connectivity index (χ0n) is 23.1. The Bertz CT molecular complexity index is 1460. The molecule has 1 N–H and O–H groups in total. The van der Waals surface area contributed by atoms with Crippen molar-refractivity contribution < 1.29 is 28.5 Å². The first-order chi connectivity index (χ1) is 19.6. The number of benzene rings is 4. The molecular weight excluding hydrogens is 508 g/mol. The van der Waals surface area contributed by atoms with E-state index < -0.39 is 0 Å². The number of rotatable bonds is 10. The molecule has 0 spiro atoms. The molecule has 5 rings (SSSR count). The lowest BCUT2D eigenvalue weighted by atomic mass is 10.0. The predicted molar refractivity (Wildman–Crippen MR) is 156 cm³/mol. The van der Waals surface area contributed by atoms with Crippen LogP contribution in [-0.4, -0.2) is 71.6 Å². The first kappa shape index (κ1) is 27.3. The minimum Gasteiger partial charge on any atom is -0.493 e. The molecule has 0 aliphatic carbocycles. The summed E-state index contributed by atoms with van der Waals surface area (Å²) in [6, 6.07) is 22.9. The van der Waals surface area contributed by atoms with E-state index in [4.69, 9.17) is 23.7 Å². The van der Waals surface area contributed by atoms with Crippen LogP contribution in [0, 0.1) is 0 Å². The molecule has 1 aliphatic heterocycles. The van der Waals surface area contributed by atoms with E-state index in [1.54, 1.807) is 27.4 Å². The largest absolute Gasteiger partial charge is 0.493 e. The number of nitrogens with zero attached hydrogens (tertiary/aromatic N) is 1. The molecule has 1 heterocycles. The average molecular weight is 543 g/mol. The van der Waals surface area contributed by atoms with Gasteiger partial charge in [-0.2, -0.15) is 0 Å². The summed E-state index contributed by atoms with van der Waals surface area (Å²) in [6.07, 6.45) is 0. The van der Waals surface area contributed by atoms with E-state index in [2.05, 4.69) is 10.2 Å². The quantitative estimate of drug-likeness (QED) is 0.284. The van der Waals surface area contributed by atoms with E-state index in [0.717, 1.165) is 66.2 Å². The Morgan fingerprint density at radius 3 is 2.23 bits per heavy atom. The Morgan fingerprint density at radius 2 is 1.52 bits per heavy atom. The molecule has 8 nitrogen and oxygen atoms in total. The maximum Gasteiger partial charge on any atom is 0.255 e. The van der Waals surface area contributed by atoms with Crippen LogP contribution < -0.4 is 24.3 Å². The summed E-state index contributed by atoms with van der Waals surface area (Å²) in [5.74, 6) is 2.20. The molecule has 0 radical (unpaired) electrons. The zero-order valence-corrected chi connectivity index (χ0v) is 23.1. The normalized spacial score (nSPS) is 13.6. The van der Waals surface area contributed by atoms with Crippen molar-refractivity contribution in [2.24, 2.45) is 0 Å². The highest BCUT2D eigenvalue weighted by atomic mass is 16.5. The average Bonchev–Trinajstić information content (AvgIpc) is 3.01. The van der Waals surface area contributed by atoms with Crippen molar-refractivity contribution in [3.63, 3.8) is 0 Å². The Kier molecular flexibility index (Phi) is 8.68.